The number of azo groups is 1. The van der Waals surface area contributed by atoms with Crippen LogP contribution in [0, 0.1) is 10.1 Å². The molecule has 0 unspecified atom stereocenters. The van der Waals surface area contributed by atoms with E-state index in [1.165, 1.54) is 42.5 Å². The fraction of sp³-hybridized carbons (Fsp3) is 0.0952. The Morgan fingerprint density at radius 1 is 1.09 bits per heavy atom. The Kier molecular flexibility index (Phi) is 6.07. The summed E-state index contributed by atoms with van der Waals surface area (Å²) in [5, 5.41) is 32.2. The summed E-state index contributed by atoms with van der Waals surface area (Å²) in [6.45, 7) is 1.84. The van der Waals surface area contributed by atoms with Crippen LogP contribution in [-0.2, 0) is 10.1 Å². The van der Waals surface area contributed by atoms with Crippen molar-refractivity contribution in [2.24, 2.45) is 10.2 Å². The van der Waals surface area contributed by atoms with Crippen LogP contribution < -0.4 is 10.3 Å². The highest BCUT2D eigenvalue weighted by atomic mass is 32.2. The van der Waals surface area contributed by atoms with Gasteiger partial charge in [-0.05, 0) is 19.1 Å². The summed E-state index contributed by atoms with van der Waals surface area (Å²) in [7, 11) is -4.65. The molecule has 0 spiro atoms. The van der Waals surface area contributed by atoms with E-state index < -0.39 is 31.2 Å². The van der Waals surface area contributed by atoms with Gasteiger partial charge in [0.05, 0.1) is 17.2 Å². The zero-order valence-corrected chi connectivity index (χ0v) is 18.8. The van der Waals surface area contributed by atoms with E-state index in [0.29, 0.717) is 0 Å². The monoisotopic (exact) mass is 499 g/mol. The van der Waals surface area contributed by atoms with Gasteiger partial charge in [0.1, 0.15) is 16.3 Å². The van der Waals surface area contributed by atoms with Crippen molar-refractivity contribution in [2.45, 2.75) is 11.8 Å². The van der Waals surface area contributed by atoms with Gasteiger partial charge in [0, 0.05) is 29.0 Å². The molecule has 0 atom stereocenters. The van der Waals surface area contributed by atoms with Gasteiger partial charge >= 0.3 is 5.56 Å². The predicted octanol–water partition coefficient (Wildman–Crippen LogP) is 3.99. The van der Waals surface area contributed by atoms with Crippen molar-refractivity contribution in [3.05, 3.63) is 75.1 Å². The largest absolute Gasteiger partial charge is 0.506 e. The molecule has 4 aromatic rings. The zero-order chi connectivity index (χ0) is 25.3. The van der Waals surface area contributed by atoms with Gasteiger partial charge in [-0.1, -0.05) is 24.3 Å². The molecule has 0 saturated carbocycles. The third kappa shape index (κ3) is 4.47. The quantitative estimate of drug-likeness (QED) is 0.147. The van der Waals surface area contributed by atoms with Gasteiger partial charge in [0.25, 0.3) is 15.8 Å². The minimum absolute atomic E-state index is 0.0436. The fourth-order valence-corrected chi connectivity index (χ4v) is 4.09. The summed E-state index contributed by atoms with van der Waals surface area (Å²) in [4.78, 5) is 22.8. The highest BCUT2D eigenvalue weighted by Gasteiger charge is 2.21. The molecule has 3 N–H and O–H groups in total. The molecule has 0 amide bonds. The van der Waals surface area contributed by atoms with Crippen LogP contribution in [0.2, 0.25) is 0 Å². The smallest absolute Gasteiger partial charge is 0.303 e. The molecule has 0 aliphatic rings. The highest BCUT2D eigenvalue weighted by Crippen LogP contribution is 2.40. The van der Waals surface area contributed by atoms with Crippen molar-refractivity contribution in [1.29, 1.82) is 0 Å². The summed E-state index contributed by atoms with van der Waals surface area (Å²) in [5.74, 6) is -0.637. The van der Waals surface area contributed by atoms with Crippen LogP contribution in [0.25, 0.3) is 16.5 Å². The number of aromatic nitrogens is 2. The second-order valence-electron chi connectivity index (χ2n) is 7.10. The summed E-state index contributed by atoms with van der Waals surface area (Å²) in [5.41, 5.74) is -0.974. The van der Waals surface area contributed by atoms with Crippen LogP contribution in [0.5, 0.6) is 11.6 Å². The minimum Gasteiger partial charge on any atom is -0.506 e. The van der Waals surface area contributed by atoms with Gasteiger partial charge in [-0.25, -0.2) is 4.68 Å². The number of aromatic hydroxyl groups is 1. The number of nitro benzene ring substituents is 1. The SMILES string of the molecule is CCOc1[nH]n(-c2ccc([N+](=O)[O-])cc2)c(=O)c1N=Nc1c(O)cc(S(=O)(=O)O)c2ccccc12. The van der Waals surface area contributed by atoms with Gasteiger partial charge < -0.3 is 9.84 Å². The molecule has 3 aromatic carbocycles. The van der Waals surface area contributed by atoms with E-state index in [9.17, 15) is 33.0 Å². The first-order chi connectivity index (χ1) is 16.6. The Balaban J connectivity index is 1.85. The Hall–Kier alpha value is -4.56. The molecule has 4 rings (SSSR count). The van der Waals surface area contributed by atoms with Crippen molar-refractivity contribution in [1.82, 2.24) is 9.78 Å². The van der Waals surface area contributed by atoms with E-state index in [2.05, 4.69) is 15.3 Å². The van der Waals surface area contributed by atoms with E-state index in [-0.39, 0.29) is 46.0 Å². The number of hydrogen-bond acceptors (Lipinski definition) is 9. The highest BCUT2D eigenvalue weighted by molar-refractivity contribution is 7.86. The maximum atomic E-state index is 13.0. The predicted molar refractivity (Wildman–Crippen MR) is 124 cm³/mol. The molecular formula is C21H17N5O8S. The van der Waals surface area contributed by atoms with Crippen LogP contribution in [0.15, 0.2) is 74.5 Å². The van der Waals surface area contributed by atoms with Crippen LogP contribution in [0.4, 0.5) is 17.1 Å². The molecule has 0 aliphatic heterocycles. The first-order valence-electron chi connectivity index (χ1n) is 9.98. The number of H-pyrrole nitrogens is 1. The number of nitro groups is 1. The maximum Gasteiger partial charge on any atom is 0.303 e. The third-order valence-corrected chi connectivity index (χ3v) is 5.82. The maximum absolute atomic E-state index is 13.0. The molecule has 14 heteroatoms. The molecule has 1 aromatic heterocycles. The zero-order valence-electron chi connectivity index (χ0n) is 17.9. The first-order valence-corrected chi connectivity index (χ1v) is 11.4. The summed E-state index contributed by atoms with van der Waals surface area (Å²) in [6.07, 6.45) is 0. The number of hydrogen-bond donors (Lipinski definition) is 3. The minimum atomic E-state index is -4.65. The van der Waals surface area contributed by atoms with E-state index in [0.717, 1.165) is 10.7 Å². The standard InChI is InChI=1S/C21H17N5O8S/c1-2-34-20-19(21(28)25(24-20)12-7-9-13(10-8-12)26(29)30)23-22-18-15-6-4-3-5-14(15)17(11-16(18)27)35(31,32)33/h3-11,24,27H,2H2,1H3,(H,31,32,33). The number of nitrogens with zero attached hydrogens (tertiary/aromatic N) is 4. The molecule has 0 bridgehead atoms. The molecule has 13 nitrogen and oxygen atoms in total. The van der Waals surface area contributed by atoms with E-state index in [1.54, 1.807) is 13.0 Å². The van der Waals surface area contributed by atoms with Crippen LogP contribution >= 0.6 is 0 Å². The average molecular weight is 499 g/mol. The average Bonchev–Trinajstić information content (AvgIpc) is 3.12. The van der Waals surface area contributed by atoms with Crippen molar-refractivity contribution in [2.75, 3.05) is 6.61 Å². The van der Waals surface area contributed by atoms with Crippen molar-refractivity contribution in [3.63, 3.8) is 0 Å². The van der Waals surface area contributed by atoms with Crippen molar-refractivity contribution < 1.29 is 27.7 Å². The Bertz CT molecular complexity index is 1640. The number of ether oxygens (including phenoxy) is 1. The second kappa shape index (κ2) is 9.00. The summed E-state index contributed by atoms with van der Waals surface area (Å²) >= 11 is 0. The lowest BCUT2D eigenvalue weighted by Crippen LogP contribution is -2.13. The van der Waals surface area contributed by atoms with Gasteiger partial charge in [-0.3, -0.25) is 24.6 Å². The Morgan fingerprint density at radius 2 is 1.71 bits per heavy atom. The number of rotatable bonds is 7. The Labute approximate surface area is 196 Å². The van der Waals surface area contributed by atoms with Crippen molar-refractivity contribution >= 4 is 38.0 Å². The van der Waals surface area contributed by atoms with Crippen LogP contribution in [0.1, 0.15) is 6.92 Å². The first kappa shape index (κ1) is 23.6. The number of fused-ring (bicyclic) bond motifs is 1. The van der Waals surface area contributed by atoms with E-state index >= 15 is 0 Å². The molecule has 1 heterocycles. The number of phenolic OH excluding ortho intramolecular Hbond substituents is 1. The van der Waals surface area contributed by atoms with Gasteiger partial charge in [-0.15, -0.1) is 10.2 Å². The van der Waals surface area contributed by atoms with Gasteiger partial charge in [0.15, 0.2) is 0 Å². The molecule has 0 saturated heterocycles. The van der Waals surface area contributed by atoms with Gasteiger partial charge in [-0.2, -0.15) is 8.42 Å². The molecule has 0 aliphatic carbocycles. The van der Waals surface area contributed by atoms with Crippen LogP contribution in [-0.4, -0.2) is 39.4 Å². The second-order valence-corrected chi connectivity index (χ2v) is 8.49. The number of aromatic amines is 1. The lowest BCUT2D eigenvalue weighted by Gasteiger charge is -2.08. The number of phenols is 1. The molecule has 180 valence electrons. The number of non-ortho nitro benzene ring substituents is 1. The Morgan fingerprint density at radius 3 is 2.31 bits per heavy atom. The molecule has 35 heavy (non-hydrogen) atoms. The number of benzene rings is 3. The fourth-order valence-electron chi connectivity index (χ4n) is 3.38. The summed E-state index contributed by atoms with van der Waals surface area (Å²) in [6, 6.07) is 12.0. The lowest BCUT2D eigenvalue weighted by atomic mass is 10.1. The van der Waals surface area contributed by atoms with E-state index in [4.69, 9.17) is 4.74 Å². The third-order valence-electron chi connectivity index (χ3n) is 4.93. The lowest BCUT2D eigenvalue weighted by molar-refractivity contribution is -0.384. The normalized spacial score (nSPS) is 11.8. The molecule has 0 radical (unpaired) electrons. The van der Waals surface area contributed by atoms with Gasteiger partial charge in [0.2, 0.25) is 11.6 Å². The molecule has 0 fully saturated rings. The van der Waals surface area contributed by atoms with Crippen molar-refractivity contribution in [3.8, 4) is 17.3 Å². The van der Waals surface area contributed by atoms with E-state index in [1.807, 2.05) is 0 Å². The summed E-state index contributed by atoms with van der Waals surface area (Å²) < 4.78 is 39.5. The number of nitrogens with one attached hydrogen (secondary N) is 1. The van der Waals surface area contributed by atoms with Crippen LogP contribution in [0.3, 0.4) is 0 Å². The molecular weight excluding hydrogens is 482 g/mol. The topological polar surface area (TPSA) is 189 Å².